The third-order valence-corrected chi connectivity index (χ3v) is 7.80. The second kappa shape index (κ2) is 7.36. The molecule has 2 aromatic heterocycles. The summed E-state index contributed by atoms with van der Waals surface area (Å²) in [7, 11) is -2.93. The van der Waals surface area contributed by atoms with E-state index in [0.717, 1.165) is 16.6 Å². The van der Waals surface area contributed by atoms with Crippen molar-refractivity contribution in [1.82, 2.24) is 15.2 Å². The van der Waals surface area contributed by atoms with Crippen molar-refractivity contribution in [3.63, 3.8) is 0 Å². The van der Waals surface area contributed by atoms with Crippen LogP contribution in [0.5, 0.6) is 0 Å². The van der Waals surface area contributed by atoms with E-state index in [1.54, 1.807) is 0 Å². The van der Waals surface area contributed by atoms with Crippen molar-refractivity contribution in [3.8, 4) is 0 Å². The first-order chi connectivity index (χ1) is 13.3. The molecule has 148 valence electrons. The lowest BCUT2D eigenvalue weighted by atomic mass is 10.1. The maximum absolute atomic E-state index is 13.0. The number of thioether (sulfide) groups is 1. The Hall–Kier alpha value is -2.13. The summed E-state index contributed by atoms with van der Waals surface area (Å²) in [5.74, 6) is 0.848. The first-order valence-corrected chi connectivity index (χ1v) is 11.8. The molecule has 1 aliphatic rings. The Labute approximate surface area is 167 Å². The molecule has 3 heterocycles. The largest absolute Gasteiger partial charge is 0.416 e. The minimum atomic E-state index is -2.93. The van der Waals surface area contributed by atoms with Gasteiger partial charge in [-0.15, -0.1) is 10.2 Å². The van der Waals surface area contributed by atoms with E-state index in [-0.39, 0.29) is 23.2 Å². The summed E-state index contributed by atoms with van der Waals surface area (Å²) in [5, 5.41) is 8.89. The second-order valence-electron chi connectivity index (χ2n) is 7.23. The maximum Gasteiger partial charge on any atom is 0.277 e. The van der Waals surface area contributed by atoms with Crippen molar-refractivity contribution in [2.75, 3.05) is 11.5 Å². The molecule has 0 aliphatic carbocycles. The van der Waals surface area contributed by atoms with Gasteiger partial charge in [0.05, 0.1) is 16.8 Å². The SMILES string of the molecule is Cc1[nH]c2ccccc2c1C(=O)[C@@H](C)Sc1nnc(C[C@H]2CCS(=O)(=O)C2)o1. The van der Waals surface area contributed by atoms with E-state index in [1.165, 1.54) is 11.8 Å². The van der Waals surface area contributed by atoms with Gasteiger partial charge in [-0.25, -0.2) is 8.42 Å². The third-order valence-electron chi connectivity index (χ3n) is 5.03. The zero-order chi connectivity index (χ0) is 19.9. The molecule has 1 aromatic carbocycles. The van der Waals surface area contributed by atoms with E-state index >= 15 is 0 Å². The fourth-order valence-corrected chi connectivity index (χ4v) is 6.27. The minimum absolute atomic E-state index is 0.00147. The quantitative estimate of drug-likeness (QED) is 0.483. The van der Waals surface area contributed by atoms with Gasteiger partial charge in [-0.1, -0.05) is 30.0 Å². The van der Waals surface area contributed by atoms with E-state index in [1.807, 2.05) is 38.1 Å². The molecule has 0 radical (unpaired) electrons. The first-order valence-electron chi connectivity index (χ1n) is 9.13. The Morgan fingerprint density at radius 3 is 2.89 bits per heavy atom. The average molecular weight is 420 g/mol. The number of nitrogens with one attached hydrogen (secondary N) is 1. The van der Waals surface area contributed by atoms with Crippen molar-refractivity contribution in [3.05, 3.63) is 41.4 Å². The number of aromatic amines is 1. The summed E-state index contributed by atoms with van der Waals surface area (Å²) in [6.45, 7) is 3.71. The fourth-order valence-electron chi connectivity index (χ4n) is 3.65. The summed E-state index contributed by atoms with van der Waals surface area (Å²) in [5.41, 5.74) is 2.46. The highest BCUT2D eigenvalue weighted by atomic mass is 32.2. The molecule has 7 nitrogen and oxygen atoms in total. The van der Waals surface area contributed by atoms with Crippen LogP contribution in [0.25, 0.3) is 10.9 Å². The van der Waals surface area contributed by atoms with Crippen molar-refractivity contribution in [2.45, 2.75) is 37.2 Å². The van der Waals surface area contributed by atoms with Crippen LogP contribution < -0.4 is 0 Å². The van der Waals surface area contributed by atoms with Crippen LogP contribution in [0.2, 0.25) is 0 Å². The van der Waals surface area contributed by atoms with Crippen LogP contribution in [-0.2, 0) is 16.3 Å². The van der Waals surface area contributed by atoms with Crippen LogP contribution >= 0.6 is 11.8 Å². The molecule has 1 fully saturated rings. The van der Waals surface area contributed by atoms with Crippen LogP contribution in [-0.4, -0.2) is 46.1 Å². The minimum Gasteiger partial charge on any atom is -0.416 e. The molecule has 0 bridgehead atoms. The van der Waals surface area contributed by atoms with Gasteiger partial charge in [-0.3, -0.25) is 4.79 Å². The van der Waals surface area contributed by atoms with Gasteiger partial charge in [0.1, 0.15) is 0 Å². The van der Waals surface area contributed by atoms with Crippen LogP contribution in [0.3, 0.4) is 0 Å². The third kappa shape index (κ3) is 3.86. The number of Topliss-reactive ketones (excluding diaryl/α,β-unsaturated/α-hetero) is 1. The molecule has 9 heteroatoms. The number of hydrogen-bond donors (Lipinski definition) is 1. The van der Waals surface area contributed by atoms with Gasteiger partial charge in [-0.05, 0) is 32.3 Å². The number of para-hydroxylation sites is 1. The highest BCUT2D eigenvalue weighted by Crippen LogP contribution is 2.30. The summed E-state index contributed by atoms with van der Waals surface area (Å²) >= 11 is 1.22. The molecule has 3 aromatic rings. The number of benzene rings is 1. The lowest BCUT2D eigenvalue weighted by molar-refractivity contribution is 0.0994. The molecular formula is C19H21N3O4S2. The Kier molecular flexibility index (Phi) is 5.05. The van der Waals surface area contributed by atoms with Crippen LogP contribution in [0.4, 0.5) is 0 Å². The van der Waals surface area contributed by atoms with E-state index in [0.29, 0.717) is 29.5 Å². The number of hydrogen-bond acceptors (Lipinski definition) is 7. The van der Waals surface area contributed by atoms with Gasteiger partial charge < -0.3 is 9.40 Å². The number of carbonyl (C=O) groups excluding carboxylic acids is 1. The van der Waals surface area contributed by atoms with Crippen molar-refractivity contribution in [1.29, 1.82) is 0 Å². The van der Waals surface area contributed by atoms with Gasteiger partial charge in [0.25, 0.3) is 5.22 Å². The maximum atomic E-state index is 13.0. The van der Waals surface area contributed by atoms with Gasteiger partial charge in [0.2, 0.25) is 5.89 Å². The second-order valence-corrected chi connectivity index (χ2v) is 10.8. The van der Waals surface area contributed by atoms with Crippen molar-refractivity contribution in [2.24, 2.45) is 5.92 Å². The monoisotopic (exact) mass is 419 g/mol. The van der Waals surface area contributed by atoms with Crippen LogP contribution in [0.1, 0.15) is 35.3 Å². The summed E-state index contributed by atoms with van der Waals surface area (Å²) in [4.78, 5) is 16.3. The number of aromatic nitrogens is 3. The molecule has 28 heavy (non-hydrogen) atoms. The molecular weight excluding hydrogens is 398 g/mol. The molecule has 2 atom stereocenters. The summed E-state index contributed by atoms with van der Waals surface area (Å²) in [6.07, 6.45) is 1.08. The van der Waals surface area contributed by atoms with E-state index in [9.17, 15) is 13.2 Å². The molecule has 1 N–H and O–H groups in total. The molecule has 0 unspecified atom stereocenters. The molecule has 1 saturated heterocycles. The van der Waals surface area contributed by atoms with Gasteiger partial charge >= 0.3 is 0 Å². The van der Waals surface area contributed by atoms with Crippen molar-refractivity contribution >= 4 is 38.3 Å². The molecule has 0 spiro atoms. The Morgan fingerprint density at radius 2 is 2.14 bits per heavy atom. The zero-order valence-electron chi connectivity index (χ0n) is 15.6. The van der Waals surface area contributed by atoms with E-state index in [2.05, 4.69) is 15.2 Å². The predicted octanol–water partition coefficient (Wildman–Crippen LogP) is 3.20. The average Bonchev–Trinajstić information content (AvgIpc) is 3.31. The number of carbonyl (C=O) groups is 1. The summed E-state index contributed by atoms with van der Waals surface area (Å²) < 4.78 is 28.8. The van der Waals surface area contributed by atoms with E-state index < -0.39 is 15.1 Å². The highest BCUT2D eigenvalue weighted by Gasteiger charge is 2.30. The Balaban J connectivity index is 1.45. The lowest BCUT2D eigenvalue weighted by Gasteiger charge is -2.08. The highest BCUT2D eigenvalue weighted by molar-refractivity contribution is 8.00. The smallest absolute Gasteiger partial charge is 0.277 e. The zero-order valence-corrected chi connectivity index (χ0v) is 17.3. The molecule has 0 amide bonds. The first kappa shape index (κ1) is 19.2. The molecule has 1 aliphatic heterocycles. The van der Waals surface area contributed by atoms with Gasteiger partial charge in [-0.2, -0.15) is 0 Å². The number of nitrogens with zero attached hydrogens (tertiary/aromatic N) is 2. The summed E-state index contributed by atoms with van der Waals surface area (Å²) in [6, 6.07) is 7.73. The number of H-pyrrole nitrogens is 1. The number of rotatable bonds is 6. The van der Waals surface area contributed by atoms with Crippen LogP contribution in [0.15, 0.2) is 33.9 Å². The number of aryl methyl sites for hydroxylation is 1. The molecule has 0 saturated carbocycles. The van der Waals surface area contributed by atoms with E-state index in [4.69, 9.17) is 4.42 Å². The fraction of sp³-hybridized carbons (Fsp3) is 0.421. The Bertz CT molecular complexity index is 1130. The van der Waals surface area contributed by atoms with Gasteiger partial charge in [0.15, 0.2) is 15.6 Å². The molecule has 4 rings (SSSR count). The number of ketones is 1. The topological polar surface area (TPSA) is 106 Å². The number of sulfone groups is 1. The standard InChI is InChI=1S/C19H21N3O4S2/c1-11-17(14-5-3-4-6-15(14)20-11)18(23)12(2)27-19-22-21-16(26-19)9-13-7-8-28(24,25)10-13/h3-6,12-13,20H,7-10H2,1-2H3/t12-,13-/m1/s1. The number of fused-ring (bicyclic) bond motifs is 1. The predicted molar refractivity (Wildman–Crippen MR) is 107 cm³/mol. The van der Waals surface area contributed by atoms with Crippen LogP contribution in [0, 0.1) is 12.8 Å². The Morgan fingerprint density at radius 1 is 1.36 bits per heavy atom. The van der Waals surface area contributed by atoms with Gasteiger partial charge in [0, 0.05) is 28.6 Å². The lowest BCUT2D eigenvalue weighted by Crippen LogP contribution is -2.14. The normalized spacial score (nSPS) is 19.9. The van der Waals surface area contributed by atoms with Crippen molar-refractivity contribution < 1.29 is 17.6 Å².